The van der Waals surface area contributed by atoms with E-state index < -0.39 is 9.05 Å². The number of halogens is 1. The summed E-state index contributed by atoms with van der Waals surface area (Å²) in [6.07, 6.45) is 0. The molecule has 19 heavy (non-hydrogen) atoms. The summed E-state index contributed by atoms with van der Waals surface area (Å²) >= 11 is 0. The molecule has 0 N–H and O–H groups in total. The molecule has 5 heteroatoms. The third-order valence-corrected chi connectivity index (χ3v) is 3.97. The highest BCUT2D eigenvalue weighted by Crippen LogP contribution is 2.25. The lowest BCUT2D eigenvalue weighted by atomic mass is 10.1. The Kier molecular flexibility index (Phi) is 4.12. The van der Waals surface area contributed by atoms with Crippen molar-refractivity contribution in [3.05, 3.63) is 48.5 Å². The van der Waals surface area contributed by atoms with Gasteiger partial charge in [-0.25, -0.2) is 8.42 Å². The van der Waals surface area contributed by atoms with E-state index in [2.05, 4.69) is 0 Å². The molecule has 0 unspecified atom stereocenters. The molecule has 2 rings (SSSR count). The molecule has 0 atom stereocenters. The van der Waals surface area contributed by atoms with Crippen LogP contribution >= 0.6 is 10.7 Å². The fraction of sp³-hybridized carbons (Fsp3) is 0.143. The van der Waals surface area contributed by atoms with Gasteiger partial charge in [0.2, 0.25) is 0 Å². The summed E-state index contributed by atoms with van der Waals surface area (Å²) < 4.78 is 28.0. The van der Waals surface area contributed by atoms with E-state index in [0.29, 0.717) is 6.61 Å². The van der Waals surface area contributed by atoms with Crippen LogP contribution in [-0.2, 0) is 9.05 Å². The normalized spacial score (nSPS) is 11.3. The largest absolute Gasteiger partial charge is 0.494 e. The summed E-state index contributed by atoms with van der Waals surface area (Å²) in [5.41, 5.74) is 1.70. The molecule has 0 spiro atoms. The molecule has 100 valence electrons. The van der Waals surface area contributed by atoms with Crippen molar-refractivity contribution < 1.29 is 13.2 Å². The van der Waals surface area contributed by atoms with Gasteiger partial charge in [0.05, 0.1) is 11.5 Å². The zero-order chi connectivity index (χ0) is 13.9. The van der Waals surface area contributed by atoms with E-state index in [4.69, 9.17) is 15.4 Å². The lowest BCUT2D eigenvalue weighted by molar-refractivity contribution is 0.340. The van der Waals surface area contributed by atoms with Gasteiger partial charge in [0.25, 0.3) is 9.05 Å². The maximum atomic E-state index is 11.3. The van der Waals surface area contributed by atoms with Crippen molar-refractivity contribution in [3.8, 4) is 16.9 Å². The summed E-state index contributed by atoms with van der Waals surface area (Å²) in [4.78, 5) is 0.0977. The number of rotatable bonds is 4. The molecule has 0 aliphatic carbocycles. The van der Waals surface area contributed by atoms with Crippen LogP contribution in [0.2, 0.25) is 0 Å². The Morgan fingerprint density at radius 1 is 1.05 bits per heavy atom. The Bertz CT molecular complexity index is 663. The molecule has 0 radical (unpaired) electrons. The van der Waals surface area contributed by atoms with Crippen molar-refractivity contribution in [3.63, 3.8) is 0 Å². The first-order valence-corrected chi connectivity index (χ1v) is 8.09. The van der Waals surface area contributed by atoms with Crippen LogP contribution in [0, 0.1) is 0 Å². The quantitative estimate of drug-likeness (QED) is 0.808. The smallest absolute Gasteiger partial charge is 0.261 e. The van der Waals surface area contributed by atoms with Crippen LogP contribution in [0.4, 0.5) is 0 Å². The van der Waals surface area contributed by atoms with Crippen molar-refractivity contribution >= 4 is 19.7 Å². The highest BCUT2D eigenvalue weighted by Gasteiger charge is 2.10. The highest BCUT2D eigenvalue weighted by atomic mass is 35.7. The van der Waals surface area contributed by atoms with E-state index in [9.17, 15) is 8.42 Å². The Labute approximate surface area is 117 Å². The molecule has 0 heterocycles. The van der Waals surface area contributed by atoms with E-state index >= 15 is 0 Å². The third kappa shape index (κ3) is 3.49. The molecule has 0 saturated carbocycles. The summed E-state index contributed by atoms with van der Waals surface area (Å²) in [5.74, 6) is 0.785. The summed E-state index contributed by atoms with van der Waals surface area (Å²) in [6, 6.07) is 14.0. The number of benzene rings is 2. The van der Waals surface area contributed by atoms with Crippen LogP contribution < -0.4 is 4.74 Å². The molecule has 0 aromatic heterocycles. The minimum atomic E-state index is -3.70. The maximum absolute atomic E-state index is 11.3. The summed E-state index contributed by atoms with van der Waals surface area (Å²) in [7, 11) is 1.63. The van der Waals surface area contributed by atoms with Gasteiger partial charge in [-0.1, -0.05) is 24.3 Å². The van der Waals surface area contributed by atoms with Gasteiger partial charge < -0.3 is 4.74 Å². The number of hydrogen-bond donors (Lipinski definition) is 0. The van der Waals surface area contributed by atoms with Gasteiger partial charge in [-0.05, 0) is 42.3 Å². The standard InChI is InChI=1S/C14H13ClO3S/c1-2-18-13-8-6-11(7-9-13)12-4-3-5-14(10-12)19(15,16)17/h3-10H,2H2,1H3. The molecule has 0 amide bonds. The highest BCUT2D eigenvalue weighted by molar-refractivity contribution is 8.13. The molecule has 2 aromatic rings. The lowest BCUT2D eigenvalue weighted by Gasteiger charge is -2.06. The molecule has 2 aromatic carbocycles. The zero-order valence-electron chi connectivity index (χ0n) is 10.3. The molecule has 0 aliphatic heterocycles. The first kappa shape index (κ1) is 13.9. The minimum absolute atomic E-state index is 0.0977. The Morgan fingerprint density at radius 2 is 1.74 bits per heavy atom. The second kappa shape index (κ2) is 5.63. The van der Waals surface area contributed by atoms with Crippen LogP contribution in [0.25, 0.3) is 11.1 Å². The Hall–Kier alpha value is -1.52. The number of hydrogen-bond acceptors (Lipinski definition) is 3. The zero-order valence-corrected chi connectivity index (χ0v) is 11.9. The van der Waals surface area contributed by atoms with Gasteiger partial charge in [0.1, 0.15) is 5.75 Å². The van der Waals surface area contributed by atoms with Crippen LogP contribution in [-0.4, -0.2) is 15.0 Å². The van der Waals surface area contributed by atoms with Gasteiger partial charge in [0, 0.05) is 10.7 Å². The second-order valence-electron chi connectivity index (χ2n) is 3.92. The first-order valence-electron chi connectivity index (χ1n) is 5.78. The topological polar surface area (TPSA) is 43.4 Å². The SMILES string of the molecule is CCOc1ccc(-c2cccc(S(=O)(=O)Cl)c2)cc1. The van der Waals surface area contributed by atoms with E-state index in [1.807, 2.05) is 37.3 Å². The van der Waals surface area contributed by atoms with Crippen molar-refractivity contribution in [2.75, 3.05) is 6.61 Å². The van der Waals surface area contributed by atoms with Crippen LogP contribution in [0.1, 0.15) is 6.92 Å². The van der Waals surface area contributed by atoms with Gasteiger partial charge >= 0.3 is 0 Å². The predicted octanol–water partition coefficient (Wildman–Crippen LogP) is 3.68. The monoisotopic (exact) mass is 296 g/mol. The first-order chi connectivity index (χ1) is 9.00. The van der Waals surface area contributed by atoms with Crippen LogP contribution in [0.3, 0.4) is 0 Å². The minimum Gasteiger partial charge on any atom is -0.494 e. The molecule has 3 nitrogen and oxygen atoms in total. The van der Waals surface area contributed by atoms with E-state index in [0.717, 1.165) is 16.9 Å². The van der Waals surface area contributed by atoms with Gasteiger partial charge in [0.15, 0.2) is 0 Å². The molecular weight excluding hydrogens is 284 g/mol. The van der Waals surface area contributed by atoms with Crippen molar-refractivity contribution in [1.29, 1.82) is 0 Å². The molecule has 0 fully saturated rings. The molecule has 0 bridgehead atoms. The van der Waals surface area contributed by atoms with Crippen molar-refractivity contribution in [1.82, 2.24) is 0 Å². The van der Waals surface area contributed by atoms with Crippen molar-refractivity contribution in [2.45, 2.75) is 11.8 Å². The molecular formula is C14H13ClO3S. The Balaban J connectivity index is 2.36. The summed E-state index contributed by atoms with van der Waals surface area (Å²) in [6.45, 7) is 2.53. The van der Waals surface area contributed by atoms with E-state index in [1.165, 1.54) is 6.07 Å². The van der Waals surface area contributed by atoms with Crippen LogP contribution in [0.5, 0.6) is 5.75 Å². The third-order valence-electron chi connectivity index (χ3n) is 2.61. The van der Waals surface area contributed by atoms with Gasteiger partial charge in [-0.3, -0.25) is 0 Å². The Morgan fingerprint density at radius 3 is 2.32 bits per heavy atom. The summed E-state index contributed by atoms with van der Waals surface area (Å²) in [5, 5.41) is 0. The van der Waals surface area contributed by atoms with Crippen LogP contribution in [0.15, 0.2) is 53.4 Å². The van der Waals surface area contributed by atoms with Gasteiger partial charge in [-0.2, -0.15) is 0 Å². The fourth-order valence-electron chi connectivity index (χ4n) is 1.74. The number of ether oxygens (including phenoxy) is 1. The average molecular weight is 297 g/mol. The maximum Gasteiger partial charge on any atom is 0.261 e. The molecule has 0 saturated heterocycles. The predicted molar refractivity (Wildman–Crippen MR) is 76.1 cm³/mol. The average Bonchev–Trinajstić information content (AvgIpc) is 2.39. The van der Waals surface area contributed by atoms with E-state index in [1.54, 1.807) is 12.1 Å². The lowest BCUT2D eigenvalue weighted by Crippen LogP contribution is -1.92. The van der Waals surface area contributed by atoms with E-state index in [-0.39, 0.29) is 4.90 Å². The second-order valence-corrected chi connectivity index (χ2v) is 6.49. The van der Waals surface area contributed by atoms with Crippen molar-refractivity contribution in [2.24, 2.45) is 0 Å². The fourth-order valence-corrected chi connectivity index (χ4v) is 2.53. The molecule has 0 aliphatic rings. The van der Waals surface area contributed by atoms with Gasteiger partial charge in [-0.15, -0.1) is 0 Å².